The number of ether oxygens (including phenoxy) is 1. The Balaban J connectivity index is 1.16. The van der Waals surface area contributed by atoms with Crippen LogP contribution in [0.15, 0.2) is 48.5 Å². The summed E-state index contributed by atoms with van der Waals surface area (Å²) in [4.78, 5) is 17.5. The molecule has 2 heterocycles. The van der Waals surface area contributed by atoms with Crippen molar-refractivity contribution in [3.8, 4) is 17.2 Å². The van der Waals surface area contributed by atoms with E-state index < -0.39 is 11.5 Å². The van der Waals surface area contributed by atoms with Gasteiger partial charge in [0.25, 0.3) is 0 Å². The number of piperazine rings is 1. The van der Waals surface area contributed by atoms with Crippen molar-refractivity contribution in [2.75, 3.05) is 39.8 Å². The smallest absolute Gasteiger partial charge is 0.240 e. The summed E-state index contributed by atoms with van der Waals surface area (Å²) >= 11 is 0. The largest absolute Gasteiger partial charge is 0.369 e. The average Bonchev–Trinajstić information content (AvgIpc) is 3.48. The Morgan fingerprint density at radius 1 is 1.09 bits per heavy atom. The molecule has 0 aromatic heterocycles. The molecule has 34 heavy (non-hydrogen) atoms. The maximum Gasteiger partial charge on any atom is 0.240 e. The second-order valence-corrected chi connectivity index (χ2v) is 10.1. The van der Waals surface area contributed by atoms with Gasteiger partial charge in [0.05, 0.1) is 24.2 Å². The van der Waals surface area contributed by atoms with Crippen molar-refractivity contribution in [1.82, 2.24) is 15.1 Å². The lowest BCUT2D eigenvalue weighted by atomic mass is 9.94. The van der Waals surface area contributed by atoms with E-state index >= 15 is 0 Å². The van der Waals surface area contributed by atoms with E-state index in [-0.39, 0.29) is 24.7 Å². The molecule has 2 aliphatic heterocycles. The first-order valence-corrected chi connectivity index (χ1v) is 12.2. The van der Waals surface area contributed by atoms with Crippen LogP contribution in [0, 0.1) is 11.3 Å². The predicted octanol–water partition coefficient (Wildman–Crippen LogP) is 2.08. The molecule has 5 rings (SSSR count). The number of nitrogens with one attached hydrogen (secondary N) is 1. The van der Waals surface area contributed by atoms with E-state index in [9.17, 15) is 10.1 Å². The van der Waals surface area contributed by atoms with Crippen LogP contribution in [0.2, 0.25) is 0 Å². The molecule has 3 atom stereocenters. The van der Waals surface area contributed by atoms with Crippen molar-refractivity contribution < 1.29 is 9.53 Å². The second-order valence-electron chi connectivity index (χ2n) is 10.1. The van der Waals surface area contributed by atoms with Gasteiger partial charge < -0.3 is 20.7 Å². The minimum atomic E-state index is -0.867. The average molecular weight is 460 g/mol. The van der Waals surface area contributed by atoms with E-state index in [4.69, 9.17) is 10.5 Å². The molecule has 2 aromatic rings. The zero-order chi connectivity index (χ0) is 23.7. The SMILES string of the molecule is CN1CCN(Cc2ccc(-c3ccc([C@@H](C#N)CNC(=O)C4(N)CC5OC5C4)cc3)cc2)CC1. The van der Waals surface area contributed by atoms with Gasteiger partial charge in [-0.1, -0.05) is 48.5 Å². The first kappa shape index (κ1) is 23.0. The molecule has 0 radical (unpaired) electrons. The van der Waals surface area contributed by atoms with Crippen molar-refractivity contribution >= 4 is 5.91 Å². The highest BCUT2D eigenvalue weighted by Crippen LogP contribution is 2.43. The molecule has 1 saturated carbocycles. The Morgan fingerprint density at radius 2 is 1.68 bits per heavy atom. The molecule has 1 aliphatic carbocycles. The van der Waals surface area contributed by atoms with E-state index in [2.05, 4.69) is 52.5 Å². The number of likely N-dealkylation sites (N-methyl/N-ethyl adjacent to an activating group) is 1. The van der Waals surface area contributed by atoms with Gasteiger partial charge in [-0.05, 0) is 29.3 Å². The summed E-state index contributed by atoms with van der Waals surface area (Å²) in [7, 11) is 2.18. The van der Waals surface area contributed by atoms with Gasteiger partial charge in [-0.15, -0.1) is 0 Å². The van der Waals surface area contributed by atoms with E-state index in [0.29, 0.717) is 12.8 Å². The summed E-state index contributed by atoms with van der Waals surface area (Å²) < 4.78 is 5.39. The van der Waals surface area contributed by atoms with E-state index in [1.165, 1.54) is 5.56 Å². The molecule has 3 aliphatic rings. The van der Waals surface area contributed by atoms with Crippen molar-refractivity contribution in [2.24, 2.45) is 5.73 Å². The van der Waals surface area contributed by atoms with Crippen LogP contribution in [0.1, 0.15) is 29.9 Å². The molecule has 3 N–H and O–H groups in total. The lowest BCUT2D eigenvalue weighted by Crippen LogP contribution is -2.54. The number of nitrogens with two attached hydrogens (primary N) is 1. The maximum atomic E-state index is 12.6. The first-order valence-electron chi connectivity index (χ1n) is 12.2. The zero-order valence-electron chi connectivity index (χ0n) is 19.7. The number of benzene rings is 2. The second kappa shape index (κ2) is 9.47. The summed E-state index contributed by atoms with van der Waals surface area (Å²) in [5, 5.41) is 12.6. The number of amides is 1. The molecule has 0 spiro atoms. The Labute approximate surface area is 201 Å². The molecule has 7 nitrogen and oxygen atoms in total. The van der Waals surface area contributed by atoms with Gasteiger partial charge in [0, 0.05) is 52.1 Å². The van der Waals surface area contributed by atoms with Gasteiger partial charge in [-0.25, -0.2) is 0 Å². The lowest BCUT2D eigenvalue weighted by Gasteiger charge is -2.32. The lowest BCUT2D eigenvalue weighted by molar-refractivity contribution is -0.127. The number of nitrogens with zero attached hydrogens (tertiary/aromatic N) is 3. The Morgan fingerprint density at radius 3 is 2.26 bits per heavy atom. The normalized spacial score (nSPS) is 27.6. The molecule has 178 valence electrons. The van der Waals surface area contributed by atoms with Crippen LogP contribution in [-0.4, -0.2) is 73.2 Å². The third-order valence-corrected chi connectivity index (χ3v) is 7.50. The number of hydrogen-bond donors (Lipinski definition) is 2. The number of nitriles is 1. The van der Waals surface area contributed by atoms with Crippen LogP contribution < -0.4 is 11.1 Å². The van der Waals surface area contributed by atoms with Gasteiger partial charge in [-0.2, -0.15) is 5.26 Å². The Hall–Kier alpha value is -2.76. The summed E-state index contributed by atoms with van der Waals surface area (Å²) in [6.45, 7) is 5.72. The number of carbonyl (C=O) groups is 1. The minimum Gasteiger partial charge on any atom is -0.369 e. The van der Waals surface area contributed by atoms with Gasteiger partial charge in [0.2, 0.25) is 5.91 Å². The summed E-state index contributed by atoms with van der Waals surface area (Å²) in [5.74, 6) is -0.600. The molecule has 2 saturated heterocycles. The van der Waals surface area contributed by atoms with Crippen molar-refractivity contribution in [1.29, 1.82) is 5.26 Å². The molecular weight excluding hydrogens is 426 g/mol. The third-order valence-electron chi connectivity index (χ3n) is 7.50. The van der Waals surface area contributed by atoms with Crippen molar-refractivity contribution in [3.05, 3.63) is 59.7 Å². The summed E-state index contributed by atoms with van der Waals surface area (Å²) in [5.41, 5.74) is 9.88. The summed E-state index contributed by atoms with van der Waals surface area (Å²) in [6, 6.07) is 19.1. The van der Waals surface area contributed by atoms with Gasteiger partial charge in [0.1, 0.15) is 5.54 Å². The van der Waals surface area contributed by atoms with E-state index in [1.807, 2.05) is 24.3 Å². The molecular formula is C27H33N5O2. The monoisotopic (exact) mass is 459 g/mol. The Bertz CT molecular complexity index is 1040. The van der Waals surface area contributed by atoms with Crippen LogP contribution in [0.5, 0.6) is 0 Å². The number of epoxide rings is 1. The van der Waals surface area contributed by atoms with Gasteiger partial charge >= 0.3 is 0 Å². The molecule has 2 aromatic carbocycles. The van der Waals surface area contributed by atoms with Crippen LogP contribution in [-0.2, 0) is 16.1 Å². The molecule has 7 heteroatoms. The fourth-order valence-corrected chi connectivity index (χ4v) is 5.11. The zero-order valence-corrected chi connectivity index (χ0v) is 19.7. The molecule has 3 fully saturated rings. The maximum absolute atomic E-state index is 12.6. The minimum absolute atomic E-state index is 0.135. The number of rotatable bonds is 7. The Kier molecular flexibility index (Phi) is 6.41. The van der Waals surface area contributed by atoms with Gasteiger partial charge in [0.15, 0.2) is 0 Å². The van der Waals surface area contributed by atoms with Crippen LogP contribution >= 0.6 is 0 Å². The standard InChI is InChI=1S/C27H33N5O2/c1-31-10-12-32(13-11-31)18-19-2-4-20(5-3-19)21-6-8-22(9-7-21)23(16-28)17-30-26(33)27(29)14-24-25(15-27)34-24/h2-9,23-25H,10-15,17-18,29H2,1H3,(H,30,33)/t23-,24?,25?,27?/m0/s1. The van der Waals surface area contributed by atoms with Gasteiger partial charge in [-0.3, -0.25) is 9.69 Å². The van der Waals surface area contributed by atoms with E-state index in [0.717, 1.165) is 49.4 Å². The molecule has 1 amide bonds. The van der Waals surface area contributed by atoms with Crippen LogP contribution in [0.4, 0.5) is 0 Å². The number of hydrogen-bond acceptors (Lipinski definition) is 6. The quantitative estimate of drug-likeness (QED) is 0.616. The fourth-order valence-electron chi connectivity index (χ4n) is 5.11. The number of fused-ring (bicyclic) bond motifs is 1. The molecule has 0 bridgehead atoms. The van der Waals surface area contributed by atoms with Crippen LogP contribution in [0.25, 0.3) is 11.1 Å². The fraction of sp³-hybridized carbons (Fsp3) is 0.481. The van der Waals surface area contributed by atoms with Crippen LogP contribution in [0.3, 0.4) is 0 Å². The highest BCUT2D eigenvalue weighted by atomic mass is 16.6. The number of carbonyl (C=O) groups excluding carboxylic acids is 1. The highest BCUT2D eigenvalue weighted by molar-refractivity contribution is 5.87. The highest BCUT2D eigenvalue weighted by Gasteiger charge is 2.57. The summed E-state index contributed by atoms with van der Waals surface area (Å²) in [6.07, 6.45) is 1.39. The third kappa shape index (κ3) is 5.01. The topological polar surface area (TPSA) is 97.9 Å². The first-order chi connectivity index (χ1) is 16.4. The predicted molar refractivity (Wildman–Crippen MR) is 131 cm³/mol. The van der Waals surface area contributed by atoms with E-state index in [1.54, 1.807) is 0 Å². The van der Waals surface area contributed by atoms with Crippen molar-refractivity contribution in [2.45, 2.75) is 43.1 Å². The molecule has 2 unspecified atom stereocenters. The van der Waals surface area contributed by atoms with Crippen molar-refractivity contribution in [3.63, 3.8) is 0 Å².